The fourth-order valence-corrected chi connectivity index (χ4v) is 6.56. The van der Waals surface area contributed by atoms with Gasteiger partial charge in [0.2, 0.25) is 0 Å². The summed E-state index contributed by atoms with van der Waals surface area (Å²) in [6.45, 7) is 3.11. The number of aromatic nitrogens is 4. The fraction of sp³-hybridized carbons (Fsp3) is 0.185. The first-order valence-corrected chi connectivity index (χ1v) is 13.9. The predicted molar refractivity (Wildman–Crippen MR) is 143 cm³/mol. The van der Waals surface area contributed by atoms with Crippen LogP contribution in [0.4, 0.5) is 0 Å². The van der Waals surface area contributed by atoms with Crippen molar-refractivity contribution in [3.63, 3.8) is 0 Å². The van der Waals surface area contributed by atoms with Gasteiger partial charge in [0.25, 0.3) is 10.0 Å². The number of methoxy groups -OCH3 is 1. The smallest absolute Gasteiger partial charge is 0.268 e. The molecule has 0 bridgehead atoms. The molecule has 5 aromatic rings. The summed E-state index contributed by atoms with van der Waals surface area (Å²) in [6, 6.07) is 24.2. The minimum absolute atomic E-state index is 0.229. The van der Waals surface area contributed by atoms with Crippen LogP contribution in [0.15, 0.2) is 95.1 Å². The highest BCUT2D eigenvalue weighted by Crippen LogP contribution is 2.34. The molecular formula is C27H26N4O3S2. The van der Waals surface area contributed by atoms with Crippen LogP contribution in [-0.2, 0) is 27.1 Å². The minimum atomic E-state index is -3.80. The van der Waals surface area contributed by atoms with Gasteiger partial charge in [-0.25, -0.2) is 12.4 Å². The summed E-state index contributed by atoms with van der Waals surface area (Å²) in [7, 11) is -2.14. The monoisotopic (exact) mass is 518 g/mol. The first-order valence-electron chi connectivity index (χ1n) is 11.5. The summed E-state index contributed by atoms with van der Waals surface area (Å²) in [5.74, 6) is 1.36. The number of rotatable bonds is 9. The summed E-state index contributed by atoms with van der Waals surface area (Å²) >= 11 is 1.60. The fourth-order valence-electron chi connectivity index (χ4n) is 4.13. The Hall–Kier alpha value is -3.40. The van der Waals surface area contributed by atoms with E-state index in [0.717, 1.165) is 16.3 Å². The van der Waals surface area contributed by atoms with Crippen molar-refractivity contribution < 1.29 is 13.2 Å². The Labute approximate surface area is 214 Å². The number of fused-ring (bicyclic) bond motifs is 1. The summed E-state index contributed by atoms with van der Waals surface area (Å²) < 4.78 is 35.8. The zero-order chi connectivity index (χ0) is 25.1. The molecule has 0 atom stereocenters. The molecule has 184 valence electrons. The van der Waals surface area contributed by atoms with E-state index >= 15 is 0 Å². The van der Waals surface area contributed by atoms with Gasteiger partial charge in [0.05, 0.1) is 23.6 Å². The number of para-hydroxylation sites is 1. The molecule has 0 amide bonds. The standard InChI is InChI=1S/C27H26N4O3S2/c1-20-10-6-7-11-21(20)19-35-27-29-28-26(30(27)16-17-34-2)24-18-31(25-15-9-8-14-23(24)25)36(32,33)22-12-4-3-5-13-22/h3-15,18H,16-17,19H2,1-2H3. The van der Waals surface area contributed by atoms with Crippen LogP contribution < -0.4 is 0 Å². The Morgan fingerprint density at radius 2 is 1.64 bits per heavy atom. The first kappa shape index (κ1) is 24.3. The number of hydrogen-bond acceptors (Lipinski definition) is 6. The third-order valence-electron chi connectivity index (χ3n) is 6.07. The van der Waals surface area contributed by atoms with Crippen LogP contribution in [0.3, 0.4) is 0 Å². The third kappa shape index (κ3) is 4.57. The highest BCUT2D eigenvalue weighted by molar-refractivity contribution is 7.98. The molecule has 0 fully saturated rings. The molecule has 0 saturated heterocycles. The lowest BCUT2D eigenvalue weighted by molar-refractivity contribution is 0.185. The largest absolute Gasteiger partial charge is 0.383 e. The van der Waals surface area contributed by atoms with Gasteiger partial charge in [0.15, 0.2) is 11.0 Å². The van der Waals surface area contributed by atoms with Gasteiger partial charge in [0.1, 0.15) is 0 Å². The highest BCUT2D eigenvalue weighted by Gasteiger charge is 2.24. The summed E-state index contributed by atoms with van der Waals surface area (Å²) in [5.41, 5.74) is 3.75. The molecule has 2 heterocycles. The van der Waals surface area contributed by atoms with Gasteiger partial charge >= 0.3 is 0 Å². The van der Waals surface area contributed by atoms with Crippen molar-refractivity contribution in [2.75, 3.05) is 13.7 Å². The predicted octanol–water partition coefficient (Wildman–Crippen LogP) is 5.38. The number of nitrogens with zero attached hydrogens (tertiary/aromatic N) is 4. The molecule has 2 aromatic heterocycles. The third-order valence-corrected chi connectivity index (χ3v) is 8.78. The van der Waals surface area contributed by atoms with Crippen molar-refractivity contribution in [2.24, 2.45) is 0 Å². The second-order valence-electron chi connectivity index (χ2n) is 8.34. The van der Waals surface area contributed by atoms with Gasteiger partial charge in [-0.05, 0) is 36.2 Å². The van der Waals surface area contributed by atoms with E-state index in [1.165, 1.54) is 15.1 Å². The number of aryl methyl sites for hydroxylation is 1. The first-order chi connectivity index (χ1) is 17.5. The number of thioether (sulfide) groups is 1. The van der Waals surface area contributed by atoms with Crippen LogP contribution in [0.2, 0.25) is 0 Å². The van der Waals surface area contributed by atoms with Gasteiger partial charge in [-0.15, -0.1) is 10.2 Å². The molecule has 0 unspecified atom stereocenters. The molecule has 0 saturated carbocycles. The van der Waals surface area contributed by atoms with Crippen molar-refractivity contribution in [1.29, 1.82) is 0 Å². The summed E-state index contributed by atoms with van der Waals surface area (Å²) in [5, 5.41) is 10.6. The average Bonchev–Trinajstić information content (AvgIpc) is 3.49. The van der Waals surface area contributed by atoms with E-state index in [0.29, 0.717) is 30.1 Å². The molecule has 0 N–H and O–H groups in total. The van der Waals surface area contributed by atoms with Crippen LogP contribution in [0, 0.1) is 6.92 Å². The van der Waals surface area contributed by atoms with Gasteiger partial charge in [0, 0.05) is 30.0 Å². The molecule has 3 aromatic carbocycles. The molecule has 0 aliphatic rings. The number of ether oxygens (including phenoxy) is 1. The van der Waals surface area contributed by atoms with Gasteiger partial charge in [-0.1, -0.05) is 72.4 Å². The van der Waals surface area contributed by atoms with E-state index < -0.39 is 10.0 Å². The van der Waals surface area contributed by atoms with Crippen LogP contribution in [0.25, 0.3) is 22.3 Å². The van der Waals surface area contributed by atoms with Crippen molar-refractivity contribution in [3.8, 4) is 11.4 Å². The van der Waals surface area contributed by atoms with Crippen molar-refractivity contribution >= 4 is 32.7 Å². The van der Waals surface area contributed by atoms with Gasteiger partial charge in [-0.3, -0.25) is 4.57 Å². The van der Waals surface area contributed by atoms with Crippen LogP contribution in [-0.4, -0.2) is 40.9 Å². The van der Waals surface area contributed by atoms with E-state index in [1.54, 1.807) is 55.4 Å². The minimum Gasteiger partial charge on any atom is -0.383 e. The lowest BCUT2D eigenvalue weighted by Gasteiger charge is -2.10. The SMILES string of the molecule is COCCn1c(SCc2ccccc2C)nnc1-c1cn(S(=O)(=O)c2ccccc2)c2ccccc12. The highest BCUT2D eigenvalue weighted by atomic mass is 32.2. The Balaban J connectivity index is 1.60. The topological polar surface area (TPSA) is 79.0 Å². The second kappa shape index (κ2) is 10.3. The average molecular weight is 519 g/mol. The molecule has 5 rings (SSSR count). The quantitative estimate of drug-likeness (QED) is 0.244. The van der Waals surface area contributed by atoms with Crippen molar-refractivity contribution in [2.45, 2.75) is 29.3 Å². The molecule has 0 radical (unpaired) electrons. The molecule has 0 aliphatic carbocycles. The summed E-state index contributed by atoms with van der Waals surface area (Å²) in [6.07, 6.45) is 1.65. The zero-order valence-electron chi connectivity index (χ0n) is 20.0. The van der Waals surface area contributed by atoms with Crippen molar-refractivity contribution in [3.05, 3.63) is 96.2 Å². The molecule has 7 nitrogen and oxygen atoms in total. The van der Waals surface area contributed by atoms with E-state index in [4.69, 9.17) is 4.74 Å². The number of hydrogen-bond donors (Lipinski definition) is 0. The molecule has 0 aliphatic heterocycles. The second-order valence-corrected chi connectivity index (χ2v) is 11.1. The Kier molecular flexibility index (Phi) is 6.95. The molecular weight excluding hydrogens is 492 g/mol. The van der Waals surface area contributed by atoms with E-state index in [2.05, 4.69) is 29.3 Å². The summed E-state index contributed by atoms with van der Waals surface area (Å²) in [4.78, 5) is 0.229. The lowest BCUT2D eigenvalue weighted by atomic mass is 10.1. The maximum Gasteiger partial charge on any atom is 0.268 e. The Bertz CT molecular complexity index is 1610. The van der Waals surface area contributed by atoms with Crippen LogP contribution in [0.1, 0.15) is 11.1 Å². The van der Waals surface area contributed by atoms with E-state index in [9.17, 15) is 8.42 Å². The number of benzene rings is 3. The Morgan fingerprint density at radius 1 is 0.917 bits per heavy atom. The molecule has 9 heteroatoms. The zero-order valence-corrected chi connectivity index (χ0v) is 21.7. The Morgan fingerprint density at radius 3 is 2.42 bits per heavy atom. The van der Waals surface area contributed by atoms with Crippen LogP contribution >= 0.6 is 11.8 Å². The van der Waals surface area contributed by atoms with Gasteiger partial charge in [-0.2, -0.15) is 0 Å². The van der Waals surface area contributed by atoms with Crippen molar-refractivity contribution in [1.82, 2.24) is 18.7 Å². The molecule has 36 heavy (non-hydrogen) atoms. The maximum absolute atomic E-state index is 13.5. The molecule has 0 spiro atoms. The van der Waals surface area contributed by atoms with Gasteiger partial charge < -0.3 is 4.74 Å². The van der Waals surface area contributed by atoms with E-state index in [1.807, 2.05) is 41.0 Å². The normalized spacial score (nSPS) is 11.8. The van der Waals surface area contributed by atoms with E-state index in [-0.39, 0.29) is 4.90 Å². The maximum atomic E-state index is 13.5. The lowest BCUT2D eigenvalue weighted by Crippen LogP contribution is -2.11. The van der Waals surface area contributed by atoms with Crippen LogP contribution in [0.5, 0.6) is 0 Å².